The number of unbranched alkanes of at least 4 members (excludes halogenated alkanes) is 1. The smallest absolute Gasteiger partial charge is 0.326 e. The number of benzene rings is 1. The van der Waals surface area contributed by atoms with Gasteiger partial charge in [-0.25, -0.2) is 4.79 Å². The van der Waals surface area contributed by atoms with Crippen molar-refractivity contribution >= 4 is 29.7 Å². The monoisotopic (exact) mass is 537 g/mol. The van der Waals surface area contributed by atoms with E-state index in [4.69, 9.17) is 16.6 Å². The summed E-state index contributed by atoms with van der Waals surface area (Å²) in [5.74, 6) is -5.30. The second-order valence-corrected chi connectivity index (χ2v) is 9.19. The summed E-state index contributed by atoms with van der Waals surface area (Å²) in [5.41, 5.74) is 12.1. The molecule has 0 aromatic heterocycles. The lowest BCUT2D eigenvalue weighted by Gasteiger charge is -2.26. The van der Waals surface area contributed by atoms with E-state index in [1.165, 1.54) is 24.3 Å². The number of hydrogen-bond donors (Lipinski definition) is 8. The van der Waals surface area contributed by atoms with Crippen LogP contribution in [-0.2, 0) is 30.4 Å². The second kappa shape index (κ2) is 16.2. The highest BCUT2D eigenvalue weighted by molar-refractivity contribution is 5.94. The lowest BCUT2D eigenvalue weighted by atomic mass is 9.98. The summed E-state index contributed by atoms with van der Waals surface area (Å²) in [7, 11) is 0. The van der Waals surface area contributed by atoms with Gasteiger partial charge >= 0.3 is 11.9 Å². The number of nitrogens with one attached hydrogen (secondary N) is 3. The van der Waals surface area contributed by atoms with Gasteiger partial charge in [0, 0.05) is 6.42 Å². The first-order valence-electron chi connectivity index (χ1n) is 12.5. The Morgan fingerprint density at radius 1 is 0.868 bits per heavy atom. The number of hydrogen-bond acceptors (Lipinski definition) is 8. The molecular weight excluding hydrogens is 498 g/mol. The van der Waals surface area contributed by atoms with Crippen molar-refractivity contribution in [1.82, 2.24) is 16.0 Å². The number of carbonyl (C=O) groups excluding carboxylic acids is 3. The molecule has 1 rings (SSSR count). The molecule has 38 heavy (non-hydrogen) atoms. The Morgan fingerprint density at radius 2 is 1.42 bits per heavy atom. The van der Waals surface area contributed by atoms with Gasteiger partial charge in [-0.15, -0.1) is 0 Å². The van der Waals surface area contributed by atoms with Crippen LogP contribution in [0.5, 0.6) is 5.75 Å². The van der Waals surface area contributed by atoms with Gasteiger partial charge in [0.15, 0.2) is 0 Å². The van der Waals surface area contributed by atoms with Gasteiger partial charge in [0.25, 0.3) is 0 Å². The Labute approximate surface area is 221 Å². The zero-order chi connectivity index (χ0) is 28.8. The number of aliphatic carboxylic acids is 2. The molecule has 0 spiro atoms. The third-order valence-corrected chi connectivity index (χ3v) is 6.14. The van der Waals surface area contributed by atoms with Crippen molar-refractivity contribution in [3.63, 3.8) is 0 Å². The van der Waals surface area contributed by atoms with Crippen molar-refractivity contribution in [2.24, 2.45) is 17.4 Å². The van der Waals surface area contributed by atoms with Crippen molar-refractivity contribution in [2.75, 3.05) is 6.54 Å². The van der Waals surface area contributed by atoms with Gasteiger partial charge in [-0.05, 0) is 49.4 Å². The van der Waals surface area contributed by atoms with E-state index in [2.05, 4.69) is 16.0 Å². The second-order valence-electron chi connectivity index (χ2n) is 9.19. The number of carbonyl (C=O) groups is 5. The number of carboxylic acids is 2. The number of phenols is 1. The fourth-order valence-corrected chi connectivity index (χ4v) is 3.54. The van der Waals surface area contributed by atoms with Crippen LogP contribution in [0.15, 0.2) is 24.3 Å². The van der Waals surface area contributed by atoms with Crippen LogP contribution in [0.4, 0.5) is 0 Å². The molecule has 5 atom stereocenters. The molecule has 0 aliphatic heterocycles. The standard InChI is InChI=1S/C25H39N5O8/c1-3-14(2)21(27)24(36)28-17(6-4-5-11-26)22(34)29-18(12-15-7-9-16(31)10-8-15)23(35)30-19(25(37)38)13-20(32)33/h7-10,14,17-19,21,31H,3-6,11-13,26-27H2,1-2H3,(H,28,36)(H,29,34)(H,30,35)(H,32,33)(H,37,38). The number of carboxylic acid groups (broad SMARTS) is 2. The highest BCUT2D eigenvalue weighted by Gasteiger charge is 2.31. The van der Waals surface area contributed by atoms with Gasteiger partial charge in [-0.1, -0.05) is 32.4 Å². The van der Waals surface area contributed by atoms with Gasteiger partial charge in [0.2, 0.25) is 17.7 Å². The maximum Gasteiger partial charge on any atom is 0.326 e. The summed E-state index contributed by atoms with van der Waals surface area (Å²) in [6.07, 6.45) is 0.978. The predicted octanol–water partition coefficient (Wildman–Crippen LogP) is -0.549. The quantitative estimate of drug-likeness (QED) is 0.118. The number of aromatic hydroxyl groups is 1. The predicted molar refractivity (Wildman–Crippen MR) is 138 cm³/mol. The van der Waals surface area contributed by atoms with E-state index in [1.54, 1.807) is 0 Å². The third kappa shape index (κ3) is 11.1. The molecule has 0 aliphatic carbocycles. The van der Waals surface area contributed by atoms with Crippen LogP contribution in [0.3, 0.4) is 0 Å². The van der Waals surface area contributed by atoms with E-state index in [0.29, 0.717) is 31.4 Å². The fourth-order valence-electron chi connectivity index (χ4n) is 3.54. The molecule has 1 aromatic rings. The van der Waals surface area contributed by atoms with Crippen molar-refractivity contribution in [3.05, 3.63) is 29.8 Å². The van der Waals surface area contributed by atoms with Crippen molar-refractivity contribution < 1.29 is 39.3 Å². The van der Waals surface area contributed by atoms with Crippen LogP contribution < -0.4 is 27.4 Å². The van der Waals surface area contributed by atoms with E-state index in [0.717, 1.165) is 0 Å². The molecule has 0 fully saturated rings. The first-order chi connectivity index (χ1) is 17.9. The fraction of sp³-hybridized carbons (Fsp3) is 0.560. The van der Waals surface area contributed by atoms with Gasteiger partial charge in [-0.3, -0.25) is 19.2 Å². The summed E-state index contributed by atoms with van der Waals surface area (Å²) < 4.78 is 0. The van der Waals surface area contributed by atoms with Crippen molar-refractivity contribution in [2.45, 2.75) is 76.5 Å². The van der Waals surface area contributed by atoms with E-state index in [9.17, 15) is 34.2 Å². The SMILES string of the molecule is CCC(C)C(N)C(=O)NC(CCCCN)C(=O)NC(Cc1ccc(O)cc1)C(=O)NC(CC(=O)O)C(=O)O. The molecule has 1 aromatic carbocycles. The van der Waals surface area contributed by atoms with Crippen LogP contribution in [0, 0.1) is 5.92 Å². The minimum Gasteiger partial charge on any atom is -0.508 e. The normalized spacial score (nSPS) is 14.8. The Hall–Kier alpha value is -3.71. The lowest BCUT2D eigenvalue weighted by Crippen LogP contribution is -2.58. The van der Waals surface area contributed by atoms with Gasteiger partial charge in [-0.2, -0.15) is 0 Å². The number of nitrogens with two attached hydrogens (primary N) is 2. The summed E-state index contributed by atoms with van der Waals surface area (Å²) in [5, 5.41) is 35.2. The van der Waals surface area contributed by atoms with Crippen molar-refractivity contribution in [1.29, 1.82) is 0 Å². The average Bonchev–Trinajstić information content (AvgIpc) is 2.87. The Kier molecular flexibility index (Phi) is 13.8. The largest absolute Gasteiger partial charge is 0.508 e. The minimum atomic E-state index is -1.73. The molecule has 0 heterocycles. The van der Waals surface area contributed by atoms with Crippen LogP contribution in [0.1, 0.15) is 51.5 Å². The molecular formula is C25H39N5O8. The molecule has 13 nitrogen and oxygen atoms in total. The molecule has 0 radical (unpaired) electrons. The third-order valence-electron chi connectivity index (χ3n) is 6.14. The van der Waals surface area contributed by atoms with E-state index in [-0.39, 0.29) is 24.5 Å². The van der Waals surface area contributed by atoms with Crippen LogP contribution >= 0.6 is 0 Å². The van der Waals surface area contributed by atoms with E-state index in [1.807, 2.05) is 13.8 Å². The topological polar surface area (TPSA) is 234 Å². The first kappa shape index (κ1) is 32.3. The molecule has 0 aliphatic rings. The average molecular weight is 538 g/mol. The highest BCUT2D eigenvalue weighted by atomic mass is 16.4. The Bertz CT molecular complexity index is 956. The lowest BCUT2D eigenvalue weighted by molar-refractivity contribution is -0.147. The molecule has 212 valence electrons. The molecule has 13 heteroatoms. The van der Waals surface area contributed by atoms with E-state index >= 15 is 0 Å². The van der Waals surface area contributed by atoms with Crippen LogP contribution in [0.2, 0.25) is 0 Å². The highest BCUT2D eigenvalue weighted by Crippen LogP contribution is 2.13. The number of phenolic OH excluding ortho intramolecular Hbond substituents is 1. The zero-order valence-corrected chi connectivity index (χ0v) is 21.7. The summed E-state index contributed by atoms with van der Waals surface area (Å²) in [6, 6.07) is 0.832. The summed E-state index contributed by atoms with van der Waals surface area (Å²) >= 11 is 0. The first-order valence-corrected chi connectivity index (χ1v) is 12.5. The van der Waals surface area contributed by atoms with Gasteiger partial charge in [0.05, 0.1) is 12.5 Å². The maximum atomic E-state index is 13.3. The number of rotatable bonds is 17. The van der Waals surface area contributed by atoms with Gasteiger partial charge in [0.1, 0.15) is 23.9 Å². The van der Waals surface area contributed by atoms with Crippen LogP contribution in [-0.4, -0.2) is 75.7 Å². The molecule has 3 amide bonds. The van der Waals surface area contributed by atoms with Crippen molar-refractivity contribution in [3.8, 4) is 5.75 Å². The summed E-state index contributed by atoms with van der Waals surface area (Å²) in [6.45, 7) is 4.06. The zero-order valence-electron chi connectivity index (χ0n) is 21.7. The van der Waals surface area contributed by atoms with Crippen LogP contribution in [0.25, 0.3) is 0 Å². The summed E-state index contributed by atoms with van der Waals surface area (Å²) in [4.78, 5) is 61.5. The molecule has 10 N–H and O–H groups in total. The molecule has 0 saturated carbocycles. The van der Waals surface area contributed by atoms with E-state index < -0.39 is 60.2 Å². The van der Waals surface area contributed by atoms with Gasteiger partial charge < -0.3 is 42.7 Å². The number of amides is 3. The minimum absolute atomic E-state index is 0.0217. The molecule has 0 bridgehead atoms. The Morgan fingerprint density at radius 3 is 1.95 bits per heavy atom. The molecule has 0 saturated heterocycles. The maximum absolute atomic E-state index is 13.3. The molecule has 5 unspecified atom stereocenters. The Balaban J connectivity index is 3.18.